The summed E-state index contributed by atoms with van der Waals surface area (Å²) >= 11 is 5.94. The Morgan fingerprint density at radius 3 is 2.50 bits per heavy atom. The van der Waals surface area contributed by atoms with Crippen LogP contribution < -0.4 is 9.62 Å². The predicted molar refractivity (Wildman–Crippen MR) is 109 cm³/mol. The van der Waals surface area contributed by atoms with Gasteiger partial charge in [-0.25, -0.2) is 18.4 Å². The molecule has 3 aromatic rings. The lowest BCUT2D eigenvalue weighted by molar-refractivity contribution is 0.0839. The molecule has 4 rings (SSSR count). The number of nitrogens with one attached hydrogen (secondary N) is 1. The lowest BCUT2D eigenvalue weighted by Gasteiger charge is -2.22. The number of halogens is 1. The van der Waals surface area contributed by atoms with Crippen molar-refractivity contribution >= 4 is 44.3 Å². The van der Waals surface area contributed by atoms with Gasteiger partial charge in [0.1, 0.15) is 0 Å². The van der Waals surface area contributed by atoms with Crippen LogP contribution in [0.15, 0.2) is 53.4 Å². The number of aromatic nitrogens is 2. The molecule has 9 heteroatoms. The van der Waals surface area contributed by atoms with Crippen LogP contribution in [0.4, 0.5) is 11.6 Å². The van der Waals surface area contributed by atoms with Gasteiger partial charge in [-0.15, -0.1) is 0 Å². The molecule has 0 bridgehead atoms. The second-order valence-electron chi connectivity index (χ2n) is 7.12. The molecule has 0 radical (unpaired) electrons. The van der Waals surface area contributed by atoms with Crippen LogP contribution in [0.1, 0.15) is 13.3 Å². The molecule has 7 nitrogen and oxygen atoms in total. The summed E-state index contributed by atoms with van der Waals surface area (Å²) in [6.07, 6.45) is 0.558. The van der Waals surface area contributed by atoms with Crippen LogP contribution in [0, 0.1) is 0 Å². The molecule has 0 amide bonds. The molecule has 2 aromatic carbocycles. The number of benzene rings is 2. The molecular formula is C19H19ClN4O3S. The van der Waals surface area contributed by atoms with Gasteiger partial charge in [0.2, 0.25) is 0 Å². The van der Waals surface area contributed by atoms with Crippen molar-refractivity contribution in [1.82, 2.24) is 9.97 Å². The Morgan fingerprint density at radius 2 is 1.86 bits per heavy atom. The number of hydrogen-bond acceptors (Lipinski definition) is 6. The van der Waals surface area contributed by atoms with Crippen LogP contribution in [0.25, 0.3) is 11.0 Å². The third-order valence-electron chi connectivity index (χ3n) is 4.64. The van der Waals surface area contributed by atoms with Gasteiger partial charge in [0.15, 0.2) is 11.6 Å². The summed E-state index contributed by atoms with van der Waals surface area (Å²) in [6, 6.07) is 13.2. The molecule has 0 aliphatic carbocycles. The first-order chi connectivity index (χ1) is 13.2. The number of sulfonamides is 1. The van der Waals surface area contributed by atoms with Crippen LogP contribution in [-0.2, 0) is 10.0 Å². The molecule has 2 N–H and O–H groups in total. The SMILES string of the molecule is CC1(O)CCN(c2nc3ccccc3nc2NS(=O)(=O)c2cccc(Cl)c2)C1. The van der Waals surface area contributed by atoms with E-state index in [1.165, 1.54) is 12.1 Å². The first-order valence-electron chi connectivity index (χ1n) is 8.76. The van der Waals surface area contributed by atoms with Crippen molar-refractivity contribution in [2.24, 2.45) is 0 Å². The van der Waals surface area contributed by atoms with Crippen molar-refractivity contribution in [1.29, 1.82) is 0 Å². The van der Waals surface area contributed by atoms with Gasteiger partial charge >= 0.3 is 0 Å². The highest BCUT2D eigenvalue weighted by Gasteiger charge is 2.34. The minimum atomic E-state index is -3.91. The molecule has 1 atom stereocenters. The molecule has 1 aliphatic rings. The zero-order chi connectivity index (χ0) is 19.9. The van der Waals surface area contributed by atoms with Gasteiger partial charge in [0.05, 0.1) is 21.5 Å². The quantitative estimate of drug-likeness (QED) is 0.676. The number of rotatable bonds is 4. The molecule has 1 aliphatic heterocycles. The Kier molecular flexibility index (Phi) is 4.65. The fraction of sp³-hybridized carbons (Fsp3) is 0.263. The third-order valence-corrected chi connectivity index (χ3v) is 6.21. The summed E-state index contributed by atoms with van der Waals surface area (Å²) < 4.78 is 28.3. The number of nitrogens with zero attached hydrogens (tertiary/aromatic N) is 3. The number of aliphatic hydroxyl groups is 1. The summed E-state index contributed by atoms with van der Waals surface area (Å²) in [6.45, 7) is 2.63. The lowest BCUT2D eigenvalue weighted by atomic mass is 10.1. The third kappa shape index (κ3) is 3.76. The average molecular weight is 419 g/mol. The first kappa shape index (κ1) is 18.9. The van der Waals surface area contributed by atoms with E-state index in [-0.39, 0.29) is 10.7 Å². The van der Waals surface area contributed by atoms with E-state index in [1.807, 2.05) is 23.1 Å². The maximum atomic E-state index is 12.9. The number of β-amino-alcohol motifs (C(OH)–C–C–N with tert-alkyl or cyclic N) is 1. The average Bonchev–Trinajstić information content (AvgIpc) is 3.00. The molecular weight excluding hydrogens is 400 g/mol. The number of anilines is 2. The molecule has 1 fully saturated rings. The van der Waals surface area contributed by atoms with Crippen LogP contribution >= 0.6 is 11.6 Å². The normalized spacial score (nSPS) is 19.9. The number of fused-ring (bicyclic) bond motifs is 1. The molecule has 28 heavy (non-hydrogen) atoms. The largest absolute Gasteiger partial charge is 0.388 e. The molecule has 1 aromatic heterocycles. The Morgan fingerprint density at radius 1 is 1.14 bits per heavy atom. The topological polar surface area (TPSA) is 95.4 Å². The summed E-state index contributed by atoms with van der Waals surface area (Å²) in [4.78, 5) is 11.0. The van der Waals surface area contributed by atoms with Crippen molar-refractivity contribution in [3.05, 3.63) is 53.6 Å². The predicted octanol–water partition coefficient (Wildman–Crippen LogP) is 3.05. The second kappa shape index (κ2) is 6.88. The molecule has 0 saturated carbocycles. The van der Waals surface area contributed by atoms with E-state index in [0.29, 0.717) is 41.4 Å². The molecule has 1 unspecified atom stereocenters. The molecule has 2 heterocycles. The minimum absolute atomic E-state index is 0.0364. The van der Waals surface area contributed by atoms with Crippen LogP contribution in [0.2, 0.25) is 5.02 Å². The minimum Gasteiger partial charge on any atom is -0.388 e. The standard InChI is InChI=1S/C19H19ClN4O3S/c1-19(25)9-10-24(12-19)18-17(21-15-7-2-3-8-16(15)22-18)23-28(26,27)14-6-4-5-13(20)11-14/h2-8,11,25H,9-10,12H2,1H3,(H,21,23). The first-order valence-corrected chi connectivity index (χ1v) is 10.6. The molecule has 146 valence electrons. The number of para-hydroxylation sites is 2. The number of hydrogen-bond donors (Lipinski definition) is 2. The highest BCUT2D eigenvalue weighted by Crippen LogP contribution is 2.32. The zero-order valence-electron chi connectivity index (χ0n) is 15.1. The second-order valence-corrected chi connectivity index (χ2v) is 9.23. The van der Waals surface area contributed by atoms with Crippen molar-refractivity contribution in [2.45, 2.75) is 23.8 Å². The van der Waals surface area contributed by atoms with Gasteiger partial charge in [0, 0.05) is 18.1 Å². The molecule has 0 spiro atoms. The fourth-order valence-corrected chi connectivity index (χ4v) is 4.53. The van der Waals surface area contributed by atoms with Crippen LogP contribution in [0.3, 0.4) is 0 Å². The summed E-state index contributed by atoms with van der Waals surface area (Å²) in [5, 5.41) is 10.7. The smallest absolute Gasteiger partial charge is 0.263 e. The van der Waals surface area contributed by atoms with E-state index in [0.717, 1.165) is 0 Å². The maximum absolute atomic E-state index is 12.9. The van der Waals surface area contributed by atoms with E-state index < -0.39 is 15.6 Å². The van der Waals surface area contributed by atoms with Crippen LogP contribution in [-0.4, -0.2) is 42.2 Å². The summed E-state index contributed by atoms with van der Waals surface area (Å²) in [7, 11) is -3.91. The summed E-state index contributed by atoms with van der Waals surface area (Å²) in [5.41, 5.74) is 0.354. The monoisotopic (exact) mass is 418 g/mol. The van der Waals surface area contributed by atoms with Crippen molar-refractivity contribution in [3.63, 3.8) is 0 Å². The van der Waals surface area contributed by atoms with Gasteiger partial charge < -0.3 is 10.0 Å². The highest BCUT2D eigenvalue weighted by molar-refractivity contribution is 7.92. The van der Waals surface area contributed by atoms with Gasteiger partial charge in [-0.1, -0.05) is 29.8 Å². The van der Waals surface area contributed by atoms with E-state index >= 15 is 0 Å². The van der Waals surface area contributed by atoms with E-state index in [4.69, 9.17) is 11.6 Å². The Balaban J connectivity index is 1.80. The Hall–Kier alpha value is -2.42. The van der Waals surface area contributed by atoms with Gasteiger partial charge in [0.25, 0.3) is 10.0 Å². The van der Waals surface area contributed by atoms with E-state index in [9.17, 15) is 13.5 Å². The maximum Gasteiger partial charge on any atom is 0.263 e. The Labute approximate surface area is 168 Å². The van der Waals surface area contributed by atoms with Crippen LogP contribution in [0.5, 0.6) is 0 Å². The fourth-order valence-electron chi connectivity index (χ4n) is 3.23. The van der Waals surface area contributed by atoms with Gasteiger partial charge in [-0.3, -0.25) is 4.72 Å². The zero-order valence-corrected chi connectivity index (χ0v) is 16.7. The van der Waals surface area contributed by atoms with Gasteiger partial charge in [-0.05, 0) is 43.7 Å². The van der Waals surface area contributed by atoms with Gasteiger partial charge in [-0.2, -0.15) is 0 Å². The van der Waals surface area contributed by atoms with Crippen molar-refractivity contribution in [2.75, 3.05) is 22.7 Å². The highest BCUT2D eigenvalue weighted by atomic mass is 35.5. The van der Waals surface area contributed by atoms with Crippen molar-refractivity contribution < 1.29 is 13.5 Å². The van der Waals surface area contributed by atoms with Crippen molar-refractivity contribution in [3.8, 4) is 0 Å². The lowest BCUT2D eigenvalue weighted by Crippen LogP contribution is -2.31. The summed E-state index contributed by atoms with van der Waals surface area (Å²) in [5.74, 6) is 0.512. The molecule has 1 saturated heterocycles. The van der Waals surface area contributed by atoms with E-state index in [1.54, 1.807) is 25.1 Å². The van der Waals surface area contributed by atoms with E-state index in [2.05, 4.69) is 14.7 Å². The Bertz CT molecular complexity index is 1150.